The SMILES string of the molecule is CC(C)(C)C(CP(=O)(O)O)(C(C)(C)C)S(=O)(=O)OF. The van der Waals surface area contributed by atoms with E-state index in [9.17, 15) is 27.3 Å². The molecule has 116 valence electrons. The summed E-state index contributed by atoms with van der Waals surface area (Å²) in [4.78, 5) is 18.4. The van der Waals surface area contributed by atoms with Crippen molar-refractivity contribution in [1.29, 1.82) is 0 Å². The Morgan fingerprint density at radius 2 is 1.37 bits per heavy atom. The predicted molar refractivity (Wildman–Crippen MR) is 69.7 cm³/mol. The van der Waals surface area contributed by atoms with Gasteiger partial charge in [0.25, 0.3) is 0 Å². The molecule has 2 N–H and O–H groups in total. The molecule has 0 bridgehead atoms. The topological polar surface area (TPSA) is 101 Å². The van der Waals surface area contributed by atoms with E-state index in [0.717, 1.165) is 0 Å². The van der Waals surface area contributed by atoms with Crippen molar-refractivity contribution in [2.45, 2.75) is 46.3 Å². The van der Waals surface area contributed by atoms with E-state index in [1.807, 2.05) is 0 Å². The Morgan fingerprint density at radius 1 is 1.05 bits per heavy atom. The monoisotopic (exact) mass is 320 g/mol. The molecule has 0 heterocycles. The van der Waals surface area contributed by atoms with E-state index in [2.05, 4.69) is 4.39 Å². The van der Waals surface area contributed by atoms with Crippen LogP contribution in [0.3, 0.4) is 0 Å². The van der Waals surface area contributed by atoms with Crippen molar-refractivity contribution in [2.24, 2.45) is 10.8 Å². The van der Waals surface area contributed by atoms with Crippen LogP contribution in [0, 0.1) is 10.8 Å². The van der Waals surface area contributed by atoms with E-state index in [1.165, 1.54) is 41.5 Å². The van der Waals surface area contributed by atoms with Gasteiger partial charge in [-0.3, -0.25) is 4.57 Å². The van der Waals surface area contributed by atoms with Crippen molar-refractivity contribution in [3.63, 3.8) is 0 Å². The van der Waals surface area contributed by atoms with Gasteiger partial charge in [-0.2, -0.15) is 8.42 Å². The van der Waals surface area contributed by atoms with Gasteiger partial charge in [-0.15, -0.1) is 0 Å². The molecule has 0 aromatic carbocycles. The van der Waals surface area contributed by atoms with Crippen molar-refractivity contribution in [3.8, 4) is 0 Å². The molecule has 0 saturated heterocycles. The summed E-state index contributed by atoms with van der Waals surface area (Å²) in [5, 5.41) is 0. The molecule has 0 aliphatic rings. The van der Waals surface area contributed by atoms with Gasteiger partial charge >= 0.3 is 17.7 Å². The lowest BCUT2D eigenvalue weighted by atomic mass is 9.66. The summed E-state index contributed by atoms with van der Waals surface area (Å²) in [6, 6.07) is 0. The summed E-state index contributed by atoms with van der Waals surface area (Å²) >= 11 is 0. The van der Waals surface area contributed by atoms with E-state index in [0.29, 0.717) is 0 Å². The molecule has 0 aliphatic heterocycles. The molecule has 0 aromatic heterocycles. The fourth-order valence-electron chi connectivity index (χ4n) is 2.77. The van der Waals surface area contributed by atoms with Gasteiger partial charge in [-0.05, 0) is 15.4 Å². The zero-order valence-electron chi connectivity index (χ0n) is 12.0. The second-order valence-electron chi connectivity index (χ2n) is 6.67. The molecule has 0 rings (SSSR count). The van der Waals surface area contributed by atoms with Crippen molar-refractivity contribution >= 4 is 17.7 Å². The maximum Gasteiger partial charge on any atom is 0.327 e. The third kappa shape index (κ3) is 3.55. The third-order valence-corrected chi connectivity index (χ3v) is 6.85. The zero-order valence-corrected chi connectivity index (χ0v) is 13.7. The average Bonchev–Trinajstić information content (AvgIpc) is 2.08. The van der Waals surface area contributed by atoms with Crippen LogP contribution in [0.5, 0.6) is 0 Å². The number of rotatable bonds is 4. The Bertz CT molecular complexity index is 453. The molecular weight excluding hydrogens is 298 g/mol. The molecule has 0 atom stereocenters. The molecule has 0 aromatic rings. The van der Waals surface area contributed by atoms with Crippen LogP contribution in [0.4, 0.5) is 4.53 Å². The Kier molecular flexibility index (Phi) is 5.07. The molecule has 0 unspecified atom stereocenters. The molecule has 0 spiro atoms. The van der Waals surface area contributed by atoms with E-state index in [1.54, 1.807) is 0 Å². The lowest BCUT2D eigenvalue weighted by Gasteiger charge is -2.50. The van der Waals surface area contributed by atoms with Gasteiger partial charge in [0.1, 0.15) is 4.75 Å². The lowest BCUT2D eigenvalue weighted by molar-refractivity contribution is -0.0141. The fraction of sp³-hybridized carbons (Fsp3) is 1.00. The van der Waals surface area contributed by atoms with Gasteiger partial charge in [-0.25, -0.2) is 0 Å². The van der Waals surface area contributed by atoms with Gasteiger partial charge < -0.3 is 9.79 Å². The highest BCUT2D eigenvalue weighted by Gasteiger charge is 2.63. The highest BCUT2D eigenvalue weighted by molar-refractivity contribution is 7.88. The summed E-state index contributed by atoms with van der Waals surface area (Å²) in [6.07, 6.45) is -1.01. The molecular formula is C10H22FO6PS. The fourth-order valence-corrected chi connectivity index (χ4v) is 7.05. The molecule has 0 aliphatic carbocycles. The van der Waals surface area contributed by atoms with E-state index in [-0.39, 0.29) is 0 Å². The van der Waals surface area contributed by atoms with Crippen LogP contribution in [-0.2, 0) is 19.1 Å². The van der Waals surface area contributed by atoms with E-state index < -0.39 is 39.5 Å². The number of hydrogen-bond acceptors (Lipinski definition) is 4. The van der Waals surface area contributed by atoms with Crippen molar-refractivity contribution in [2.75, 3.05) is 6.16 Å². The van der Waals surface area contributed by atoms with Crippen molar-refractivity contribution < 1.29 is 31.7 Å². The molecule has 9 heteroatoms. The Labute approximate surface area is 113 Å². The smallest absolute Gasteiger partial charge is 0.324 e. The Hall–Kier alpha value is -0.0100. The van der Waals surface area contributed by atoms with Crippen LogP contribution in [-0.4, -0.2) is 29.1 Å². The summed E-state index contributed by atoms with van der Waals surface area (Å²) < 4.78 is 49.1. The van der Waals surface area contributed by atoms with Crippen LogP contribution >= 0.6 is 7.60 Å². The molecule has 6 nitrogen and oxygen atoms in total. The molecule has 19 heavy (non-hydrogen) atoms. The normalized spacial score (nSPS) is 15.6. The van der Waals surface area contributed by atoms with Gasteiger partial charge in [0.2, 0.25) is 0 Å². The lowest BCUT2D eigenvalue weighted by Crippen LogP contribution is -2.61. The highest BCUT2D eigenvalue weighted by atomic mass is 32.2. The Morgan fingerprint density at radius 3 is 1.53 bits per heavy atom. The van der Waals surface area contributed by atoms with Crippen LogP contribution in [0.25, 0.3) is 0 Å². The molecule has 0 amide bonds. The third-order valence-electron chi connectivity index (χ3n) is 3.36. The largest absolute Gasteiger partial charge is 0.327 e. The first-order chi connectivity index (χ1) is 8.02. The zero-order chi connectivity index (χ0) is 15.9. The van der Waals surface area contributed by atoms with E-state index >= 15 is 0 Å². The number of hydrogen-bond donors (Lipinski definition) is 2. The van der Waals surface area contributed by atoms with Crippen LogP contribution in [0.2, 0.25) is 0 Å². The standard InChI is InChI=1S/C10H22FO6PS/c1-8(2,3)10(9(4,5)6,7-18(12,13)14)19(15,16)17-11/h7H2,1-6H3,(H2,12,13,14). The van der Waals surface area contributed by atoms with Gasteiger partial charge in [0, 0.05) is 0 Å². The van der Waals surface area contributed by atoms with Gasteiger partial charge in [0.05, 0.1) is 6.16 Å². The quantitative estimate of drug-likeness (QED) is 0.770. The summed E-state index contributed by atoms with van der Waals surface area (Å²) in [7, 11) is -9.55. The summed E-state index contributed by atoms with van der Waals surface area (Å²) in [5.74, 6) is 0. The predicted octanol–water partition coefficient (Wildman–Crippen LogP) is 2.23. The summed E-state index contributed by atoms with van der Waals surface area (Å²) in [5.41, 5.74) is -2.31. The first-order valence-electron chi connectivity index (χ1n) is 5.61. The van der Waals surface area contributed by atoms with Crippen molar-refractivity contribution in [1.82, 2.24) is 0 Å². The minimum atomic E-state index is -4.83. The van der Waals surface area contributed by atoms with E-state index in [4.69, 9.17) is 0 Å². The highest BCUT2D eigenvalue weighted by Crippen LogP contribution is 2.57. The average molecular weight is 320 g/mol. The van der Waals surface area contributed by atoms with Crippen LogP contribution < -0.4 is 0 Å². The van der Waals surface area contributed by atoms with Crippen LogP contribution in [0.15, 0.2) is 0 Å². The second kappa shape index (κ2) is 5.07. The second-order valence-corrected chi connectivity index (χ2v) is 10.0. The first kappa shape index (κ1) is 19.0. The maximum atomic E-state index is 12.6. The minimum absolute atomic E-state index is 1.01. The minimum Gasteiger partial charge on any atom is -0.324 e. The first-order valence-corrected chi connectivity index (χ1v) is 8.82. The van der Waals surface area contributed by atoms with Gasteiger partial charge in [-0.1, -0.05) is 45.9 Å². The molecule has 0 fully saturated rings. The van der Waals surface area contributed by atoms with Crippen LogP contribution in [0.1, 0.15) is 41.5 Å². The molecule has 0 saturated carbocycles. The Balaban J connectivity index is 6.50. The maximum absolute atomic E-state index is 12.6. The van der Waals surface area contributed by atoms with Gasteiger partial charge in [0.15, 0.2) is 0 Å². The molecule has 0 radical (unpaired) electrons. The summed E-state index contributed by atoms with van der Waals surface area (Å²) in [6.45, 7) is 8.86. The number of halogens is 1. The van der Waals surface area contributed by atoms with Crippen molar-refractivity contribution in [3.05, 3.63) is 0 Å².